The Bertz CT molecular complexity index is 716. The number of hydrazine groups is 1. The van der Waals surface area contributed by atoms with Crippen LogP contribution in [0.25, 0.3) is 0 Å². The number of carbonyl (C=O) groups excluding carboxylic acids is 1. The summed E-state index contributed by atoms with van der Waals surface area (Å²) in [6.45, 7) is 3.96. The van der Waals surface area contributed by atoms with Gasteiger partial charge in [-0.2, -0.15) is 0 Å². The van der Waals surface area contributed by atoms with Gasteiger partial charge in [-0.25, -0.2) is 0 Å². The second-order valence-electron chi connectivity index (χ2n) is 4.90. The minimum atomic E-state index is -0.388. The van der Waals surface area contributed by atoms with Gasteiger partial charge in [0.15, 0.2) is 5.11 Å². The van der Waals surface area contributed by atoms with Gasteiger partial charge < -0.3 is 10.4 Å². The molecular weight excluding hydrogens is 298 g/mol. The molecule has 6 heteroatoms. The topological polar surface area (TPSA) is 73.4 Å². The third kappa shape index (κ3) is 4.20. The zero-order chi connectivity index (χ0) is 16.1. The molecule has 2 rings (SSSR count). The average Bonchev–Trinajstić information content (AvgIpc) is 2.48. The number of benzene rings is 2. The number of aryl methyl sites for hydroxylation is 2. The first-order chi connectivity index (χ1) is 10.5. The molecule has 0 atom stereocenters. The molecule has 0 spiro atoms. The van der Waals surface area contributed by atoms with E-state index in [1.807, 2.05) is 32.0 Å². The summed E-state index contributed by atoms with van der Waals surface area (Å²) in [5, 5.41) is 12.7. The molecule has 0 aliphatic carbocycles. The van der Waals surface area contributed by atoms with E-state index >= 15 is 0 Å². The first-order valence-corrected chi connectivity index (χ1v) is 7.10. The highest BCUT2D eigenvalue weighted by Crippen LogP contribution is 2.16. The third-order valence-corrected chi connectivity index (χ3v) is 3.24. The molecule has 0 radical (unpaired) electrons. The number of carbonyl (C=O) groups is 1. The Hall–Kier alpha value is -2.60. The van der Waals surface area contributed by atoms with Crippen LogP contribution < -0.4 is 16.2 Å². The number of thiocarbonyl (C=S) groups is 1. The van der Waals surface area contributed by atoms with Crippen molar-refractivity contribution in [1.82, 2.24) is 10.9 Å². The average molecular weight is 315 g/mol. The fourth-order valence-corrected chi connectivity index (χ4v) is 2.02. The van der Waals surface area contributed by atoms with Crippen molar-refractivity contribution in [2.24, 2.45) is 0 Å². The van der Waals surface area contributed by atoms with Crippen molar-refractivity contribution in [2.75, 3.05) is 5.32 Å². The zero-order valence-corrected chi connectivity index (χ0v) is 13.1. The molecule has 0 fully saturated rings. The van der Waals surface area contributed by atoms with Crippen LogP contribution in [0, 0.1) is 13.8 Å². The summed E-state index contributed by atoms with van der Waals surface area (Å²) >= 11 is 5.15. The summed E-state index contributed by atoms with van der Waals surface area (Å²) in [5.74, 6) is -0.357. The number of phenols is 1. The van der Waals surface area contributed by atoms with Crippen LogP contribution in [0.2, 0.25) is 0 Å². The number of aromatic hydroxyl groups is 1. The highest BCUT2D eigenvalue weighted by Gasteiger charge is 2.07. The molecule has 0 aromatic heterocycles. The van der Waals surface area contributed by atoms with Crippen molar-refractivity contribution in [1.29, 1.82) is 0 Å². The quantitative estimate of drug-likeness (QED) is 0.506. The Morgan fingerprint density at radius 1 is 1.09 bits per heavy atom. The van der Waals surface area contributed by atoms with Crippen LogP contribution in [0.1, 0.15) is 21.5 Å². The van der Waals surface area contributed by atoms with Gasteiger partial charge in [-0.05, 0) is 61.5 Å². The number of hydrogen-bond acceptors (Lipinski definition) is 3. The number of nitrogens with one attached hydrogen (secondary N) is 3. The minimum Gasteiger partial charge on any atom is -0.508 e. The molecule has 22 heavy (non-hydrogen) atoms. The summed E-state index contributed by atoms with van der Waals surface area (Å²) in [7, 11) is 0. The zero-order valence-electron chi connectivity index (χ0n) is 12.3. The molecule has 0 saturated carbocycles. The number of phenolic OH excluding ortho intramolecular Hbond substituents is 1. The predicted molar refractivity (Wildman–Crippen MR) is 90.8 cm³/mol. The first-order valence-electron chi connectivity index (χ1n) is 6.69. The van der Waals surface area contributed by atoms with Crippen LogP contribution in [0.3, 0.4) is 0 Å². The molecule has 114 valence electrons. The van der Waals surface area contributed by atoms with E-state index in [9.17, 15) is 9.90 Å². The summed E-state index contributed by atoms with van der Waals surface area (Å²) in [6, 6.07) is 12.0. The van der Waals surface area contributed by atoms with Crippen molar-refractivity contribution in [3.63, 3.8) is 0 Å². The first kappa shape index (κ1) is 15.8. The van der Waals surface area contributed by atoms with Crippen molar-refractivity contribution >= 4 is 28.9 Å². The molecule has 0 unspecified atom stereocenters. The van der Waals surface area contributed by atoms with Crippen molar-refractivity contribution < 1.29 is 9.90 Å². The summed E-state index contributed by atoms with van der Waals surface area (Å²) in [6.07, 6.45) is 0. The SMILES string of the molecule is Cc1ccc(C)c(NC(=S)NNC(=O)c2cccc(O)c2)c1. The smallest absolute Gasteiger partial charge is 0.269 e. The van der Waals surface area contributed by atoms with E-state index in [1.165, 1.54) is 12.1 Å². The van der Waals surface area contributed by atoms with E-state index < -0.39 is 0 Å². The van der Waals surface area contributed by atoms with Gasteiger partial charge in [0.1, 0.15) is 5.75 Å². The van der Waals surface area contributed by atoms with Gasteiger partial charge >= 0.3 is 0 Å². The molecular formula is C16H17N3O2S. The molecule has 2 aromatic carbocycles. The van der Waals surface area contributed by atoms with Gasteiger partial charge in [-0.1, -0.05) is 18.2 Å². The van der Waals surface area contributed by atoms with E-state index in [2.05, 4.69) is 16.2 Å². The molecule has 5 nitrogen and oxygen atoms in total. The maximum atomic E-state index is 11.9. The van der Waals surface area contributed by atoms with Gasteiger partial charge in [0, 0.05) is 11.3 Å². The molecule has 0 aliphatic heterocycles. The molecule has 2 aromatic rings. The fourth-order valence-electron chi connectivity index (χ4n) is 1.86. The number of amides is 1. The lowest BCUT2D eigenvalue weighted by atomic mass is 10.1. The monoisotopic (exact) mass is 315 g/mol. The van der Waals surface area contributed by atoms with Gasteiger partial charge in [-0.15, -0.1) is 0 Å². The lowest BCUT2D eigenvalue weighted by Crippen LogP contribution is -2.43. The van der Waals surface area contributed by atoms with E-state index in [1.54, 1.807) is 12.1 Å². The highest BCUT2D eigenvalue weighted by molar-refractivity contribution is 7.80. The Morgan fingerprint density at radius 2 is 1.86 bits per heavy atom. The molecule has 0 saturated heterocycles. The molecule has 0 aliphatic rings. The lowest BCUT2D eigenvalue weighted by molar-refractivity contribution is 0.0944. The second-order valence-corrected chi connectivity index (χ2v) is 5.31. The van der Waals surface area contributed by atoms with E-state index in [0.29, 0.717) is 5.56 Å². The molecule has 0 heterocycles. The lowest BCUT2D eigenvalue weighted by Gasteiger charge is -2.14. The van der Waals surface area contributed by atoms with Crippen LogP contribution in [0.15, 0.2) is 42.5 Å². The number of anilines is 1. The van der Waals surface area contributed by atoms with Crippen LogP contribution >= 0.6 is 12.2 Å². The maximum absolute atomic E-state index is 11.9. The Morgan fingerprint density at radius 3 is 2.59 bits per heavy atom. The summed E-state index contributed by atoms with van der Waals surface area (Å²) in [5.41, 5.74) is 8.49. The standard InChI is InChI=1S/C16H17N3O2S/c1-10-6-7-11(2)14(8-10)17-16(22)19-18-15(21)12-4-3-5-13(20)9-12/h3-9,20H,1-2H3,(H,18,21)(H2,17,19,22). The normalized spacial score (nSPS) is 9.91. The largest absolute Gasteiger partial charge is 0.508 e. The predicted octanol–water partition coefficient (Wildman–Crippen LogP) is 2.64. The highest BCUT2D eigenvalue weighted by atomic mass is 32.1. The minimum absolute atomic E-state index is 0.0312. The van der Waals surface area contributed by atoms with Crippen molar-refractivity contribution in [2.45, 2.75) is 13.8 Å². The molecule has 1 amide bonds. The van der Waals surface area contributed by atoms with Crippen LogP contribution in [0.5, 0.6) is 5.75 Å². The van der Waals surface area contributed by atoms with Crippen molar-refractivity contribution in [3.8, 4) is 5.75 Å². The van der Waals surface area contributed by atoms with Gasteiger partial charge in [0.05, 0.1) is 0 Å². The third-order valence-electron chi connectivity index (χ3n) is 3.04. The van der Waals surface area contributed by atoms with Crippen molar-refractivity contribution in [3.05, 3.63) is 59.2 Å². The van der Waals surface area contributed by atoms with Gasteiger partial charge in [-0.3, -0.25) is 15.6 Å². The summed E-state index contributed by atoms with van der Waals surface area (Å²) in [4.78, 5) is 11.9. The Balaban J connectivity index is 1.93. The second kappa shape index (κ2) is 6.91. The maximum Gasteiger partial charge on any atom is 0.269 e. The van der Waals surface area contributed by atoms with E-state index in [4.69, 9.17) is 12.2 Å². The number of rotatable bonds is 2. The molecule has 4 N–H and O–H groups in total. The van der Waals surface area contributed by atoms with Gasteiger partial charge in [0.2, 0.25) is 0 Å². The van der Waals surface area contributed by atoms with E-state index in [-0.39, 0.29) is 16.8 Å². The van der Waals surface area contributed by atoms with Crippen LogP contribution in [-0.4, -0.2) is 16.1 Å². The number of hydrogen-bond donors (Lipinski definition) is 4. The summed E-state index contributed by atoms with van der Waals surface area (Å²) < 4.78 is 0. The Kier molecular flexibility index (Phi) is 4.95. The van der Waals surface area contributed by atoms with E-state index in [0.717, 1.165) is 16.8 Å². The van der Waals surface area contributed by atoms with Crippen LogP contribution in [-0.2, 0) is 0 Å². The fraction of sp³-hybridized carbons (Fsp3) is 0.125. The van der Waals surface area contributed by atoms with Crippen LogP contribution in [0.4, 0.5) is 5.69 Å². The van der Waals surface area contributed by atoms with Gasteiger partial charge in [0.25, 0.3) is 5.91 Å². The Labute approximate surface area is 134 Å². The molecule has 0 bridgehead atoms.